The topological polar surface area (TPSA) is 15.7 Å². The van der Waals surface area contributed by atoms with Gasteiger partial charge in [-0.15, -0.1) is 0 Å². The van der Waals surface area contributed by atoms with E-state index in [-0.39, 0.29) is 0 Å². The van der Waals surface area contributed by atoms with E-state index in [0.29, 0.717) is 0 Å². The lowest BCUT2D eigenvalue weighted by Gasteiger charge is -2.28. The van der Waals surface area contributed by atoms with Gasteiger partial charge >= 0.3 is 0 Å². The Bertz CT molecular complexity index is 153. The summed E-state index contributed by atoms with van der Waals surface area (Å²) in [6, 6.07) is 0. The fraction of sp³-hybridized carbons (Fsp3) is 0.714. The number of allylic oxidation sites excluding steroid dienone is 1. The molecule has 0 saturated carbocycles. The van der Waals surface area contributed by atoms with Gasteiger partial charge in [0.1, 0.15) is 5.76 Å². The van der Waals surface area contributed by atoms with Crippen molar-refractivity contribution in [3.05, 3.63) is 11.3 Å². The molecule has 0 aromatic rings. The maximum Gasteiger partial charge on any atom is 0.246 e. The van der Waals surface area contributed by atoms with Crippen molar-refractivity contribution in [3.63, 3.8) is 0 Å². The fourth-order valence-electron chi connectivity index (χ4n) is 0.670. The van der Waals surface area contributed by atoms with Crippen molar-refractivity contribution >= 4 is 20.1 Å². The standard InChI is InChI=1S/C7H16ClN2OP/c1-7(6-8)11-12(9(2)3)10(4)5/h6H,1-5H3. The Morgan fingerprint density at radius 1 is 1.25 bits per heavy atom. The molecule has 0 spiro atoms. The number of rotatable bonds is 4. The number of hydrogen-bond donors (Lipinski definition) is 0. The third kappa shape index (κ3) is 4.27. The summed E-state index contributed by atoms with van der Waals surface area (Å²) in [5.74, 6) is 0.741. The van der Waals surface area contributed by atoms with Gasteiger partial charge in [-0.25, -0.2) is 9.34 Å². The molecule has 5 heteroatoms. The minimum Gasteiger partial charge on any atom is -0.448 e. The molecule has 0 atom stereocenters. The molecular weight excluding hydrogens is 195 g/mol. The Balaban J connectivity index is 4.14. The van der Waals surface area contributed by atoms with Gasteiger partial charge in [-0.1, -0.05) is 11.6 Å². The highest BCUT2D eigenvalue weighted by Gasteiger charge is 2.16. The molecule has 0 aliphatic heterocycles. The minimum atomic E-state index is -0.710. The Morgan fingerprint density at radius 3 is 1.92 bits per heavy atom. The highest BCUT2D eigenvalue weighted by molar-refractivity contribution is 7.47. The molecule has 0 saturated heterocycles. The van der Waals surface area contributed by atoms with E-state index < -0.39 is 8.45 Å². The number of hydrogen-bond acceptors (Lipinski definition) is 3. The van der Waals surface area contributed by atoms with Crippen molar-refractivity contribution in [2.45, 2.75) is 6.92 Å². The van der Waals surface area contributed by atoms with Gasteiger partial charge in [0.05, 0.1) is 0 Å². The van der Waals surface area contributed by atoms with Crippen LogP contribution in [0.1, 0.15) is 6.92 Å². The molecule has 0 N–H and O–H groups in total. The molecule has 0 aliphatic carbocycles. The van der Waals surface area contributed by atoms with Gasteiger partial charge in [0.25, 0.3) is 0 Å². The van der Waals surface area contributed by atoms with Crippen LogP contribution in [-0.2, 0) is 4.52 Å². The lowest BCUT2D eigenvalue weighted by Crippen LogP contribution is -2.17. The van der Waals surface area contributed by atoms with Crippen LogP contribution in [0.5, 0.6) is 0 Å². The van der Waals surface area contributed by atoms with E-state index in [9.17, 15) is 0 Å². The summed E-state index contributed by atoms with van der Waals surface area (Å²) >= 11 is 5.49. The van der Waals surface area contributed by atoms with E-state index in [0.717, 1.165) is 5.76 Å². The van der Waals surface area contributed by atoms with Gasteiger partial charge in [0.15, 0.2) is 0 Å². The van der Waals surface area contributed by atoms with E-state index in [1.807, 2.05) is 44.5 Å². The predicted molar refractivity (Wildman–Crippen MR) is 55.0 cm³/mol. The molecule has 0 radical (unpaired) electrons. The summed E-state index contributed by atoms with van der Waals surface area (Å²) in [5, 5.41) is 0. The van der Waals surface area contributed by atoms with Crippen molar-refractivity contribution in [3.8, 4) is 0 Å². The molecule has 0 unspecified atom stereocenters. The lowest BCUT2D eigenvalue weighted by atomic mass is 10.7. The minimum absolute atomic E-state index is 0.710. The average molecular weight is 211 g/mol. The fourth-order valence-corrected chi connectivity index (χ4v) is 2.13. The lowest BCUT2D eigenvalue weighted by molar-refractivity contribution is 0.381. The molecule has 0 aliphatic rings. The third-order valence-corrected chi connectivity index (χ3v) is 3.19. The Kier molecular flexibility index (Phi) is 5.85. The van der Waals surface area contributed by atoms with Crippen LogP contribution in [-0.4, -0.2) is 37.5 Å². The second-order valence-corrected chi connectivity index (χ2v) is 5.26. The van der Waals surface area contributed by atoms with Gasteiger partial charge in [-0.3, -0.25) is 0 Å². The Labute approximate surface area is 80.9 Å². The highest BCUT2D eigenvalue weighted by Crippen LogP contribution is 2.42. The number of halogens is 1. The zero-order chi connectivity index (χ0) is 9.72. The third-order valence-electron chi connectivity index (χ3n) is 1.06. The summed E-state index contributed by atoms with van der Waals surface area (Å²) in [6.07, 6.45) is 0. The van der Waals surface area contributed by atoms with E-state index in [2.05, 4.69) is 0 Å². The molecule has 3 nitrogen and oxygen atoms in total. The van der Waals surface area contributed by atoms with Crippen LogP contribution in [0.4, 0.5) is 0 Å². The van der Waals surface area contributed by atoms with Crippen molar-refractivity contribution in [2.24, 2.45) is 0 Å². The SMILES string of the molecule is CC(=CCl)OP(N(C)C)N(C)C. The van der Waals surface area contributed by atoms with E-state index in [4.69, 9.17) is 16.1 Å². The number of nitrogens with zero attached hydrogens (tertiary/aromatic N) is 2. The van der Waals surface area contributed by atoms with Gasteiger partial charge < -0.3 is 4.52 Å². The van der Waals surface area contributed by atoms with E-state index in [1.54, 1.807) is 0 Å². The summed E-state index contributed by atoms with van der Waals surface area (Å²) in [5.41, 5.74) is 1.45. The van der Waals surface area contributed by atoms with Crippen molar-refractivity contribution in [1.29, 1.82) is 0 Å². The molecular formula is C7H16ClN2OP. The first-order chi connectivity index (χ1) is 5.49. The van der Waals surface area contributed by atoms with Gasteiger partial charge in [0.2, 0.25) is 8.45 Å². The van der Waals surface area contributed by atoms with Crippen LogP contribution in [0.2, 0.25) is 0 Å². The average Bonchev–Trinajstić information content (AvgIpc) is 1.98. The summed E-state index contributed by atoms with van der Waals surface area (Å²) in [4.78, 5) is 0. The van der Waals surface area contributed by atoms with E-state index in [1.165, 1.54) is 5.54 Å². The molecule has 0 amide bonds. The van der Waals surface area contributed by atoms with Crippen LogP contribution in [0.3, 0.4) is 0 Å². The molecule has 72 valence electrons. The smallest absolute Gasteiger partial charge is 0.246 e. The van der Waals surface area contributed by atoms with E-state index >= 15 is 0 Å². The van der Waals surface area contributed by atoms with Crippen molar-refractivity contribution < 1.29 is 4.52 Å². The van der Waals surface area contributed by atoms with Crippen LogP contribution in [0.25, 0.3) is 0 Å². The maximum absolute atomic E-state index is 5.57. The van der Waals surface area contributed by atoms with Crippen LogP contribution < -0.4 is 0 Å². The molecule has 0 heterocycles. The molecule has 0 rings (SSSR count). The Hall–Kier alpha value is 0.180. The second-order valence-electron chi connectivity index (χ2n) is 2.76. The van der Waals surface area contributed by atoms with Crippen LogP contribution >= 0.6 is 20.1 Å². The monoisotopic (exact) mass is 210 g/mol. The molecule has 0 aromatic carbocycles. The molecule has 0 bridgehead atoms. The summed E-state index contributed by atoms with van der Waals surface area (Å²) < 4.78 is 9.62. The van der Waals surface area contributed by atoms with Gasteiger partial charge in [-0.05, 0) is 35.1 Å². The highest BCUT2D eigenvalue weighted by atomic mass is 35.5. The van der Waals surface area contributed by atoms with Crippen molar-refractivity contribution in [1.82, 2.24) is 9.34 Å². The van der Waals surface area contributed by atoms with Gasteiger partial charge in [0, 0.05) is 5.54 Å². The molecule has 0 aromatic heterocycles. The van der Waals surface area contributed by atoms with Crippen LogP contribution in [0, 0.1) is 0 Å². The van der Waals surface area contributed by atoms with Crippen molar-refractivity contribution in [2.75, 3.05) is 28.2 Å². The summed E-state index contributed by atoms with van der Waals surface area (Å²) in [6.45, 7) is 1.84. The summed E-state index contributed by atoms with van der Waals surface area (Å²) in [7, 11) is 7.21. The first kappa shape index (κ1) is 12.2. The normalized spacial score (nSPS) is 13.2. The quantitative estimate of drug-likeness (QED) is 0.524. The first-order valence-corrected chi connectivity index (χ1v) is 5.18. The molecule has 12 heavy (non-hydrogen) atoms. The predicted octanol–water partition coefficient (Wildman–Crippen LogP) is 2.45. The zero-order valence-corrected chi connectivity index (χ0v) is 9.86. The van der Waals surface area contributed by atoms with Gasteiger partial charge in [-0.2, -0.15) is 0 Å². The maximum atomic E-state index is 5.57. The largest absolute Gasteiger partial charge is 0.448 e. The second kappa shape index (κ2) is 5.76. The molecule has 0 fully saturated rings. The zero-order valence-electron chi connectivity index (χ0n) is 8.21. The van der Waals surface area contributed by atoms with Crippen LogP contribution in [0.15, 0.2) is 11.3 Å². The first-order valence-electron chi connectivity index (χ1n) is 3.58. The Morgan fingerprint density at radius 2 is 1.67 bits per heavy atom.